The van der Waals surface area contributed by atoms with Crippen molar-refractivity contribution in [1.29, 1.82) is 0 Å². The van der Waals surface area contributed by atoms with Gasteiger partial charge in [-0.25, -0.2) is 9.97 Å². The normalized spacial score (nSPS) is 11.7. The van der Waals surface area contributed by atoms with Crippen molar-refractivity contribution < 1.29 is 19.2 Å². The Morgan fingerprint density at radius 1 is 0.636 bits per heavy atom. The lowest BCUT2D eigenvalue weighted by atomic mass is 10.1. The molecule has 4 aromatic heterocycles. The molecule has 0 fully saturated rings. The Hall–Kier alpha value is -7.62. The average Bonchev–Trinajstić information content (AvgIpc) is 3.90. The van der Waals surface area contributed by atoms with Crippen LogP contribution in [0.3, 0.4) is 0 Å². The Labute approximate surface area is 312 Å². The number of amides is 4. The van der Waals surface area contributed by atoms with Gasteiger partial charge in [0.05, 0.1) is 33.1 Å². The Kier molecular flexibility index (Phi) is 8.41. The van der Waals surface area contributed by atoms with Crippen molar-refractivity contribution in [3.05, 3.63) is 119 Å². The minimum absolute atomic E-state index is 0.236. The van der Waals surface area contributed by atoms with Gasteiger partial charge in [0.25, 0.3) is 11.8 Å². The molecule has 16 heteroatoms. The Bertz CT molecular complexity index is 2930. The van der Waals surface area contributed by atoms with Gasteiger partial charge in [0, 0.05) is 49.1 Å². The molecule has 274 valence electrons. The van der Waals surface area contributed by atoms with E-state index in [0.29, 0.717) is 38.4 Å². The van der Waals surface area contributed by atoms with E-state index in [0.717, 1.165) is 16.6 Å². The SMILES string of the molecule is Cc1cc(C(N)=O)cc2nc(NC(=O)c3nn(C)c4ccccc34)n(CC=CCn3c(NC(=O)c4nn(C)c5ccccc45)nc4cc(C(N)=O)ccc43)c12. The Balaban J connectivity index is 1.13. The summed E-state index contributed by atoms with van der Waals surface area (Å²) in [6.45, 7) is 2.35. The third kappa shape index (κ3) is 6.10. The van der Waals surface area contributed by atoms with E-state index in [9.17, 15) is 19.2 Å². The Morgan fingerprint density at radius 2 is 1.15 bits per heavy atom. The van der Waals surface area contributed by atoms with E-state index in [1.54, 1.807) is 58.4 Å². The number of nitrogens with zero attached hydrogens (tertiary/aromatic N) is 8. The van der Waals surface area contributed by atoms with Crippen LogP contribution < -0.4 is 22.1 Å². The number of allylic oxidation sites excluding steroid dienone is 2. The minimum Gasteiger partial charge on any atom is -0.366 e. The summed E-state index contributed by atoms with van der Waals surface area (Å²) in [4.78, 5) is 60.8. The summed E-state index contributed by atoms with van der Waals surface area (Å²) >= 11 is 0. The predicted molar refractivity (Wildman–Crippen MR) is 208 cm³/mol. The minimum atomic E-state index is -0.605. The molecule has 0 saturated heterocycles. The Morgan fingerprint density at radius 3 is 1.73 bits per heavy atom. The molecule has 0 bridgehead atoms. The van der Waals surface area contributed by atoms with Crippen molar-refractivity contribution in [3.8, 4) is 0 Å². The number of fused-ring (bicyclic) bond motifs is 4. The number of hydrogen-bond acceptors (Lipinski definition) is 8. The summed E-state index contributed by atoms with van der Waals surface area (Å²) in [5.74, 6) is -1.63. The third-order valence-electron chi connectivity index (χ3n) is 9.49. The number of benzene rings is 4. The van der Waals surface area contributed by atoms with Gasteiger partial charge in [-0.1, -0.05) is 48.6 Å². The summed E-state index contributed by atoms with van der Waals surface area (Å²) in [5, 5.41) is 16.1. The van der Waals surface area contributed by atoms with Crippen molar-refractivity contribution in [2.45, 2.75) is 20.0 Å². The number of aryl methyl sites for hydroxylation is 3. The van der Waals surface area contributed by atoms with Gasteiger partial charge in [-0.2, -0.15) is 10.2 Å². The van der Waals surface area contributed by atoms with Gasteiger partial charge in [0.2, 0.25) is 23.7 Å². The number of para-hydroxylation sites is 2. The fraction of sp³-hybridized carbons (Fsp3) is 0.128. The second kappa shape index (κ2) is 13.4. The molecule has 4 aromatic carbocycles. The molecule has 16 nitrogen and oxygen atoms in total. The molecule has 8 rings (SSSR count). The number of aromatic nitrogens is 8. The molecule has 0 atom stereocenters. The first-order valence-electron chi connectivity index (χ1n) is 17.2. The van der Waals surface area contributed by atoms with Crippen LogP contribution in [0.5, 0.6) is 0 Å². The smallest absolute Gasteiger partial charge is 0.279 e. The summed E-state index contributed by atoms with van der Waals surface area (Å²) < 4.78 is 6.91. The molecular formula is C39H34N12O4. The standard InChI is InChI=1S/C39H34N12O4/c1-21-18-23(35(41)53)20-27-33(21)51(39(43-27)45-37(55)32-25-11-5-7-13-29(25)49(3)47-32)17-9-8-16-50-30-15-14-22(34(40)52)19-26(30)42-38(50)44-36(54)31-24-10-4-6-12-28(24)48(2)46-31/h4-15,18-20H,16-17H2,1-3H3,(H2,40,52)(H2,41,53)(H,42,44,54)(H,43,45,55). The van der Waals surface area contributed by atoms with Crippen molar-refractivity contribution in [3.63, 3.8) is 0 Å². The number of primary amides is 2. The molecule has 4 amide bonds. The highest BCUT2D eigenvalue weighted by Crippen LogP contribution is 2.28. The zero-order valence-corrected chi connectivity index (χ0v) is 29.9. The van der Waals surface area contributed by atoms with Crippen molar-refractivity contribution in [2.24, 2.45) is 25.6 Å². The van der Waals surface area contributed by atoms with Gasteiger partial charge in [-0.15, -0.1) is 0 Å². The monoisotopic (exact) mass is 734 g/mol. The molecule has 0 aliphatic heterocycles. The highest BCUT2D eigenvalue weighted by Gasteiger charge is 2.22. The van der Waals surface area contributed by atoms with E-state index in [1.807, 2.05) is 72.2 Å². The first kappa shape index (κ1) is 34.5. The maximum absolute atomic E-state index is 13.7. The van der Waals surface area contributed by atoms with E-state index in [4.69, 9.17) is 16.5 Å². The number of hydrogen-bond donors (Lipinski definition) is 4. The molecule has 4 heterocycles. The maximum Gasteiger partial charge on any atom is 0.279 e. The zero-order valence-electron chi connectivity index (χ0n) is 29.9. The first-order chi connectivity index (χ1) is 26.5. The van der Waals surface area contributed by atoms with Crippen LogP contribution in [0.2, 0.25) is 0 Å². The van der Waals surface area contributed by atoms with E-state index >= 15 is 0 Å². The van der Waals surface area contributed by atoms with Gasteiger partial charge in [-0.3, -0.25) is 39.2 Å². The van der Waals surface area contributed by atoms with Crippen molar-refractivity contribution in [1.82, 2.24) is 38.7 Å². The van der Waals surface area contributed by atoms with Gasteiger partial charge in [0.15, 0.2) is 11.4 Å². The number of nitrogens with one attached hydrogen (secondary N) is 2. The van der Waals surface area contributed by atoms with Gasteiger partial charge in [-0.05, 0) is 55.0 Å². The predicted octanol–water partition coefficient (Wildman–Crippen LogP) is 4.43. The molecule has 0 aliphatic carbocycles. The van der Waals surface area contributed by atoms with E-state index in [1.165, 1.54) is 0 Å². The number of carbonyl (C=O) groups excluding carboxylic acids is 4. The highest BCUT2D eigenvalue weighted by atomic mass is 16.2. The molecule has 0 saturated carbocycles. The average molecular weight is 735 g/mol. The van der Waals surface area contributed by atoms with E-state index in [2.05, 4.69) is 25.8 Å². The van der Waals surface area contributed by atoms with Crippen LogP contribution in [0, 0.1) is 6.92 Å². The fourth-order valence-electron chi connectivity index (χ4n) is 6.90. The fourth-order valence-corrected chi connectivity index (χ4v) is 6.90. The maximum atomic E-state index is 13.7. The van der Waals surface area contributed by atoms with Crippen LogP contribution in [-0.4, -0.2) is 62.3 Å². The largest absolute Gasteiger partial charge is 0.366 e. The topological polar surface area (TPSA) is 216 Å². The number of anilines is 2. The lowest BCUT2D eigenvalue weighted by Crippen LogP contribution is -2.17. The van der Waals surface area contributed by atoms with Gasteiger partial charge >= 0.3 is 0 Å². The molecular weight excluding hydrogens is 701 g/mol. The molecule has 8 aromatic rings. The van der Waals surface area contributed by atoms with Crippen LogP contribution in [0.25, 0.3) is 43.9 Å². The lowest BCUT2D eigenvalue weighted by Gasteiger charge is -2.10. The second-order valence-corrected chi connectivity index (χ2v) is 13.0. The molecule has 0 unspecified atom stereocenters. The second-order valence-electron chi connectivity index (χ2n) is 13.0. The molecule has 0 aliphatic rings. The molecule has 6 N–H and O–H groups in total. The van der Waals surface area contributed by atoms with Crippen LogP contribution >= 0.6 is 0 Å². The van der Waals surface area contributed by atoms with Crippen molar-refractivity contribution in [2.75, 3.05) is 10.6 Å². The molecule has 0 spiro atoms. The lowest BCUT2D eigenvalue weighted by molar-refractivity contribution is 0.0992. The number of rotatable bonds is 10. The number of imidazole rings is 2. The van der Waals surface area contributed by atoms with Gasteiger partial charge in [0.1, 0.15) is 0 Å². The summed E-state index contributed by atoms with van der Waals surface area (Å²) in [6.07, 6.45) is 3.77. The van der Waals surface area contributed by atoms with Crippen LogP contribution in [0.15, 0.2) is 91.0 Å². The third-order valence-corrected chi connectivity index (χ3v) is 9.49. The number of nitrogens with two attached hydrogens (primary N) is 2. The van der Waals surface area contributed by atoms with Crippen LogP contribution in [0.4, 0.5) is 11.9 Å². The quantitative estimate of drug-likeness (QED) is 0.147. The zero-order chi connectivity index (χ0) is 38.5. The summed E-state index contributed by atoms with van der Waals surface area (Å²) in [6, 6.07) is 23.0. The summed E-state index contributed by atoms with van der Waals surface area (Å²) in [5.41, 5.74) is 16.8. The number of carbonyl (C=O) groups is 4. The summed E-state index contributed by atoms with van der Waals surface area (Å²) in [7, 11) is 3.54. The van der Waals surface area contributed by atoms with Crippen molar-refractivity contribution >= 4 is 79.4 Å². The van der Waals surface area contributed by atoms with E-state index < -0.39 is 23.6 Å². The van der Waals surface area contributed by atoms with Crippen LogP contribution in [0.1, 0.15) is 47.3 Å². The van der Waals surface area contributed by atoms with E-state index in [-0.39, 0.29) is 41.9 Å². The first-order valence-corrected chi connectivity index (χ1v) is 17.2. The molecule has 55 heavy (non-hydrogen) atoms. The van der Waals surface area contributed by atoms with Gasteiger partial charge < -0.3 is 20.6 Å². The van der Waals surface area contributed by atoms with Crippen LogP contribution in [-0.2, 0) is 27.2 Å². The molecule has 0 radical (unpaired) electrons. The highest BCUT2D eigenvalue weighted by molar-refractivity contribution is 6.12.